The van der Waals surface area contributed by atoms with Crippen LogP contribution in [-0.2, 0) is 14.9 Å². The molecular weight excluding hydrogens is 508 g/mol. The molecule has 0 aliphatic heterocycles. The third kappa shape index (κ3) is 6.34. The fourth-order valence-corrected chi connectivity index (χ4v) is 5.67. The zero-order chi connectivity index (χ0) is 29.2. The lowest BCUT2D eigenvalue weighted by molar-refractivity contribution is 0.110. The number of fused-ring (bicyclic) bond motifs is 3. The summed E-state index contributed by atoms with van der Waals surface area (Å²) < 4.78 is 22.8. The summed E-state index contributed by atoms with van der Waals surface area (Å²) in [6.07, 6.45) is 0. The summed E-state index contributed by atoms with van der Waals surface area (Å²) in [6.45, 7) is 16.0. The van der Waals surface area contributed by atoms with E-state index in [0.717, 1.165) is 11.5 Å². The topological polar surface area (TPSA) is 36.9 Å². The van der Waals surface area contributed by atoms with Crippen LogP contribution < -0.4 is 9.47 Å². The second-order valence-electron chi connectivity index (χ2n) is 9.99. The molecule has 4 aromatic carbocycles. The largest absolute Gasteiger partial charge is 0.491 e. The minimum atomic E-state index is -0.462. The van der Waals surface area contributed by atoms with E-state index < -0.39 is 5.41 Å². The highest BCUT2D eigenvalue weighted by molar-refractivity contribution is 5.86. The molecule has 0 saturated carbocycles. The van der Waals surface area contributed by atoms with E-state index >= 15 is 0 Å². The Morgan fingerprint density at radius 2 is 0.902 bits per heavy atom. The normalized spacial score (nSPS) is 12.6. The molecule has 1 aliphatic carbocycles. The van der Waals surface area contributed by atoms with Gasteiger partial charge in [-0.1, -0.05) is 85.6 Å². The molecule has 5 rings (SSSR count). The summed E-state index contributed by atoms with van der Waals surface area (Å²) in [5, 5.41) is 0. The summed E-state index contributed by atoms with van der Waals surface area (Å²) in [6, 6.07) is 30.9. The van der Waals surface area contributed by atoms with Gasteiger partial charge in [0.15, 0.2) is 0 Å². The van der Waals surface area contributed by atoms with Gasteiger partial charge in [0.05, 0.1) is 18.6 Å². The van der Waals surface area contributed by atoms with Gasteiger partial charge in [0.1, 0.15) is 24.7 Å². The molecule has 0 spiro atoms. The van der Waals surface area contributed by atoms with Crippen LogP contribution in [0.4, 0.5) is 0 Å². The Balaban J connectivity index is 0.00000189. The van der Waals surface area contributed by atoms with Crippen LogP contribution in [0.2, 0.25) is 0 Å². The molecule has 0 bridgehead atoms. The Bertz CT molecular complexity index is 1280. The van der Waals surface area contributed by atoms with Gasteiger partial charge in [0.2, 0.25) is 0 Å². The van der Waals surface area contributed by atoms with Crippen LogP contribution in [0.1, 0.15) is 61.1 Å². The highest BCUT2D eigenvalue weighted by atomic mass is 16.5. The summed E-state index contributed by atoms with van der Waals surface area (Å²) in [5.41, 5.74) is 9.62. The molecule has 216 valence electrons. The fraction of sp³-hybridized carbons (Fsp3) is 0.351. The average Bonchev–Trinajstić information content (AvgIpc) is 3.28. The summed E-state index contributed by atoms with van der Waals surface area (Å²) in [5.74, 6) is 1.69. The highest BCUT2D eigenvalue weighted by Crippen LogP contribution is 2.56. The molecular formula is C37H44O4. The van der Waals surface area contributed by atoms with Crippen molar-refractivity contribution >= 4 is 0 Å². The average molecular weight is 553 g/mol. The molecule has 4 heteroatoms. The van der Waals surface area contributed by atoms with E-state index in [9.17, 15) is 0 Å². The van der Waals surface area contributed by atoms with E-state index in [-0.39, 0.29) is 0 Å². The van der Waals surface area contributed by atoms with Gasteiger partial charge in [-0.15, -0.1) is 0 Å². The second kappa shape index (κ2) is 14.3. The highest BCUT2D eigenvalue weighted by Gasteiger charge is 2.46. The van der Waals surface area contributed by atoms with Gasteiger partial charge < -0.3 is 18.9 Å². The predicted molar refractivity (Wildman–Crippen MR) is 169 cm³/mol. The van der Waals surface area contributed by atoms with Crippen molar-refractivity contribution in [1.82, 2.24) is 0 Å². The maximum atomic E-state index is 5.96. The molecule has 41 heavy (non-hydrogen) atoms. The van der Waals surface area contributed by atoms with E-state index in [1.54, 1.807) is 0 Å². The number of ether oxygens (including phenoxy) is 4. The van der Waals surface area contributed by atoms with Gasteiger partial charge in [-0.2, -0.15) is 0 Å². The Kier molecular flexibility index (Phi) is 10.6. The summed E-state index contributed by atoms with van der Waals surface area (Å²) >= 11 is 0. The number of hydrogen-bond donors (Lipinski definition) is 0. The molecule has 0 fully saturated rings. The van der Waals surface area contributed by atoms with Crippen LogP contribution in [-0.4, -0.2) is 39.6 Å². The zero-order valence-electron chi connectivity index (χ0n) is 25.5. The Morgan fingerprint density at radius 3 is 1.27 bits per heavy atom. The van der Waals surface area contributed by atoms with E-state index in [2.05, 4.69) is 98.8 Å². The zero-order valence-corrected chi connectivity index (χ0v) is 25.5. The minimum Gasteiger partial charge on any atom is -0.491 e. The third-order valence-electron chi connectivity index (χ3n) is 7.42. The van der Waals surface area contributed by atoms with Gasteiger partial charge in [0.25, 0.3) is 0 Å². The van der Waals surface area contributed by atoms with Crippen LogP contribution in [0.25, 0.3) is 11.1 Å². The Labute approximate surface area is 246 Å². The van der Waals surface area contributed by atoms with Gasteiger partial charge in [-0.05, 0) is 85.3 Å². The first-order valence-electron chi connectivity index (χ1n) is 14.9. The van der Waals surface area contributed by atoms with Crippen LogP contribution >= 0.6 is 0 Å². The molecule has 1 aliphatic rings. The molecule has 0 heterocycles. The third-order valence-corrected chi connectivity index (χ3v) is 7.42. The van der Waals surface area contributed by atoms with Crippen molar-refractivity contribution in [2.45, 2.75) is 47.0 Å². The van der Waals surface area contributed by atoms with Crippen LogP contribution in [0.3, 0.4) is 0 Å². The lowest BCUT2D eigenvalue weighted by Crippen LogP contribution is -2.28. The minimum absolute atomic E-state index is 0.462. The maximum absolute atomic E-state index is 5.96. The molecule has 0 saturated heterocycles. The molecule has 0 radical (unpaired) electrons. The van der Waals surface area contributed by atoms with E-state index in [4.69, 9.17) is 18.9 Å². The van der Waals surface area contributed by atoms with Crippen molar-refractivity contribution in [2.24, 2.45) is 0 Å². The lowest BCUT2D eigenvalue weighted by Gasteiger charge is -2.34. The van der Waals surface area contributed by atoms with Crippen LogP contribution in [0.15, 0.2) is 84.9 Å². The van der Waals surface area contributed by atoms with Crippen molar-refractivity contribution < 1.29 is 18.9 Å². The number of aryl methyl sites for hydroxylation is 2. The smallest absolute Gasteiger partial charge is 0.119 e. The van der Waals surface area contributed by atoms with Gasteiger partial charge in [-0.25, -0.2) is 0 Å². The van der Waals surface area contributed by atoms with E-state index in [0.29, 0.717) is 39.6 Å². The maximum Gasteiger partial charge on any atom is 0.119 e. The van der Waals surface area contributed by atoms with E-state index in [1.807, 2.05) is 27.7 Å². The number of rotatable bonds is 12. The molecule has 0 amide bonds. The standard InChI is InChI=1S/C35H38O4.C2H6/c1-5-36-19-21-38-29-13-9-27(10-14-29)35(28-11-15-30(16-12-28)39-22-20-37-6-2)33-23-25(3)7-17-31(33)32-18-8-26(4)24-34(32)35;1-2/h7-18,23-24H,5-6,19-22H2,1-4H3;1-2H3. The summed E-state index contributed by atoms with van der Waals surface area (Å²) in [7, 11) is 0. The first kappa shape index (κ1) is 30.4. The van der Waals surface area contributed by atoms with Crippen molar-refractivity contribution in [1.29, 1.82) is 0 Å². The molecule has 4 nitrogen and oxygen atoms in total. The SMILES string of the molecule is CC.CCOCCOc1ccc(C2(c3ccc(OCCOCC)cc3)c3cc(C)ccc3-c3ccc(C)cc32)cc1. The van der Waals surface area contributed by atoms with Crippen molar-refractivity contribution in [3.8, 4) is 22.6 Å². The van der Waals surface area contributed by atoms with Gasteiger partial charge in [0, 0.05) is 13.2 Å². The summed E-state index contributed by atoms with van der Waals surface area (Å²) in [4.78, 5) is 0. The fourth-order valence-electron chi connectivity index (χ4n) is 5.67. The number of benzene rings is 4. The van der Waals surface area contributed by atoms with Gasteiger partial charge >= 0.3 is 0 Å². The van der Waals surface area contributed by atoms with Crippen molar-refractivity contribution in [3.63, 3.8) is 0 Å². The lowest BCUT2D eigenvalue weighted by atomic mass is 9.67. The second-order valence-corrected chi connectivity index (χ2v) is 9.99. The van der Waals surface area contributed by atoms with Crippen molar-refractivity contribution in [3.05, 3.63) is 118 Å². The predicted octanol–water partition coefficient (Wildman–Crippen LogP) is 8.52. The molecule has 0 aromatic heterocycles. The van der Waals surface area contributed by atoms with E-state index in [1.165, 1.54) is 44.5 Å². The molecule has 0 atom stereocenters. The first-order valence-corrected chi connectivity index (χ1v) is 14.9. The molecule has 0 unspecified atom stereocenters. The van der Waals surface area contributed by atoms with Gasteiger partial charge in [-0.3, -0.25) is 0 Å². The molecule has 0 N–H and O–H groups in total. The Morgan fingerprint density at radius 1 is 0.512 bits per heavy atom. The number of hydrogen-bond acceptors (Lipinski definition) is 4. The van der Waals surface area contributed by atoms with Crippen LogP contribution in [0.5, 0.6) is 11.5 Å². The monoisotopic (exact) mass is 552 g/mol. The first-order chi connectivity index (χ1) is 20.1. The molecule has 4 aromatic rings. The van der Waals surface area contributed by atoms with Crippen molar-refractivity contribution in [2.75, 3.05) is 39.6 Å². The Hall–Kier alpha value is -3.60. The quantitative estimate of drug-likeness (QED) is 0.145. The van der Waals surface area contributed by atoms with Crippen LogP contribution in [0, 0.1) is 13.8 Å².